The number of nitrogens with two attached hydrogens (primary N) is 1. The molecule has 2 saturated carbocycles. The van der Waals surface area contributed by atoms with Crippen molar-refractivity contribution in [3.63, 3.8) is 0 Å². The van der Waals surface area contributed by atoms with Gasteiger partial charge in [0.15, 0.2) is 0 Å². The van der Waals surface area contributed by atoms with Crippen molar-refractivity contribution in [2.75, 3.05) is 6.54 Å². The quantitative estimate of drug-likeness (QED) is 0.803. The van der Waals surface area contributed by atoms with Gasteiger partial charge >= 0.3 is 0 Å². The summed E-state index contributed by atoms with van der Waals surface area (Å²) in [6.07, 6.45) is 10.3. The lowest BCUT2D eigenvalue weighted by atomic mass is 9.78. The molecular formula is C16H30N2O. The first-order valence-corrected chi connectivity index (χ1v) is 8.03. The Balaban J connectivity index is 1.90. The van der Waals surface area contributed by atoms with Crippen molar-refractivity contribution in [1.82, 2.24) is 5.32 Å². The van der Waals surface area contributed by atoms with E-state index in [1.165, 1.54) is 32.1 Å². The summed E-state index contributed by atoms with van der Waals surface area (Å²) in [7, 11) is 0. The molecule has 0 saturated heterocycles. The second-order valence-electron chi connectivity index (χ2n) is 7.35. The molecule has 0 aromatic carbocycles. The highest BCUT2D eigenvalue weighted by Crippen LogP contribution is 2.42. The molecule has 0 unspecified atom stereocenters. The van der Waals surface area contributed by atoms with E-state index in [4.69, 9.17) is 5.73 Å². The molecule has 1 amide bonds. The summed E-state index contributed by atoms with van der Waals surface area (Å²) in [6, 6.07) is 0. The maximum Gasteiger partial charge on any atom is 0.240 e. The Hall–Kier alpha value is -0.570. The van der Waals surface area contributed by atoms with Crippen LogP contribution in [0.2, 0.25) is 0 Å². The average Bonchev–Trinajstić information content (AvgIpc) is 2.96. The zero-order valence-corrected chi connectivity index (χ0v) is 12.6. The molecule has 0 heterocycles. The number of carbonyl (C=O) groups excluding carboxylic acids is 1. The largest absolute Gasteiger partial charge is 0.354 e. The maximum absolute atomic E-state index is 12.3. The van der Waals surface area contributed by atoms with Crippen LogP contribution in [0.3, 0.4) is 0 Å². The van der Waals surface area contributed by atoms with Crippen LogP contribution in [0.4, 0.5) is 0 Å². The normalized spacial score (nSPS) is 24.8. The Morgan fingerprint density at radius 1 is 1.11 bits per heavy atom. The molecule has 2 fully saturated rings. The van der Waals surface area contributed by atoms with Gasteiger partial charge in [-0.3, -0.25) is 4.79 Å². The van der Waals surface area contributed by atoms with Crippen LogP contribution in [0.1, 0.15) is 71.6 Å². The highest BCUT2D eigenvalue weighted by molar-refractivity contribution is 5.86. The standard InChI is InChI=1S/C16H30N2O/c1-13(2)11-15(7-3-4-8-15)12-18-14(19)16(17)9-5-6-10-16/h13H,3-12,17H2,1-2H3,(H,18,19). The minimum Gasteiger partial charge on any atom is -0.354 e. The molecule has 2 rings (SSSR count). The van der Waals surface area contributed by atoms with Gasteiger partial charge in [-0.15, -0.1) is 0 Å². The van der Waals surface area contributed by atoms with Gasteiger partial charge in [0.2, 0.25) is 5.91 Å². The van der Waals surface area contributed by atoms with Gasteiger partial charge < -0.3 is 11.1 Å². The molecule has 0 bridgehead atoms. The first-order chi connectivity index (χ1) is 8.96. The first-order valence-electron chi connectivity index (χ1n) is 8.03. The summed E-state index contributed by atoms with van der Waals surface area (Å²) in [4.78, 5) is 12.3. The number of amides is 1. The van der Waals surface area contributed by atoms with Crippen LogP contribution in [0.5, 0.6) is 0 Å². The van der Waals surface area contributed by atoms with Crippen LogP contribution in [0.25, 0.3) is 0 Å². The smallest absolute Gasteiger partial charge is 0.240 e. The zero-order valence-electron chi connectivity index (χ0n) is 12.6. The van der Waals surface area contributed by atoms with Gasteiger partial charge in [-0.2, -0.15) is 0 Å². The van der Waals surface area contributed by atoms with Gasteiger partial charge in [-0.1, -0.05) is 39.5 Å². The Kier molecular flexibility index (Phi) is 4.54. The Morgan fingerprint density at radius 2 is 1.63 bits per heavy atom. The summed E-state index contributed by atoms with van der Waals surface area (Å²) >= 11 is 0. The Labute approximate surface area is 117 Å². The van der Waals surface area contributed by atoms with Crippen molar-refractivity contribution >= 4 is 5.91 Å². The SMILES string of the molecule is CC(C)CC1(CNC(=O)C2(N)CCCC2)CCCC1. The van der Waals surface area contributed by atoms with Crippen LogP contribution in [0, 0.1) is 11.3 Å². The topological polar surface area (TPSA) is 55.1 Å². The molecule has 3 N–H and O–H groups in total. The molecule has 110 valence electrons. The fourth-order valence-corrected chi connectivity index (χ4v) is 4.12. The third-order valence-corrected chi connectivity index (χ3v) is 5.08. The summed E-state index contributed by atoms with van der Waals surface area (Å²) < 4.78 is 0. The Bertz CT molecular complexity index is 313. The monoisotopic (exact) mass is 266 g/mol. The predicted molar refractivity (Wildman–Crippen MR) is 78.8 cm³/mol. The van der Waals surface area contributed by atoms with Gasteiger partial charge in [0.1, 0.15) is 0 Å². The van der Waals surface area contributed by atoms with E-state index < -0.39 is 5.54 Å². The van der Waals surface area contributed by atoms with E-state index in [-0.39, 0.29) is 5.91 Å². The van der Waals surface area contributed by atoms with E-state index in [1.54, 1.807) is 0 Å². The van der Waals surface area contributed by atoms with Crippen LogP contribution in [0.15, 0.2) is 0 Å². The van der Waals surface area contributed by atoms with Crippen molar-refractivity contribution < 1.29 is 4.79 Å². The van der Waals surface area contributed by atoms with Crippen LogP contribution in [-0.4, -0.2) is 18.0 Å². The second-order valence-corrected chi connectivity index (χ2v) is 7.35. The van der Waals surface area contributed by atoms with Gasteiger partial charge in [0.05, 0.1) is 5.54 Å². The van der Waals surface area contributed by atoms with Crippen molar-refractivity contribution in [3.05, 3.63) is 0 Å². The molecule has 0 atom stereocenters. The highest BCUT2D eigenvalue weighted by atomic mass is 16.2. The second kappa shape index (κ2) is 5.82. The van der Waals surface area contributed by atoms with Gasteiger partial charge in [-0.25, -0.2) is 0 Å². The summed E-state index contributed by atoms with van der Waals surface area (Å²) in [5.74, 6) is 0.799. The molecule has 2 aliphatic rings. The summed E-state index contributed by atoms with van der Waals surface area (Å²) in [6.45, 7) is 5.40. The molecule has 19 heavy (non-hydrogen) atoms. The predicted octanol–water partition coefficient (Wildman–Crippen LogP) is 2.98. The lowest BCUT2D eigenvalue weighted by Gasteiger charge is -2.33. The highest BCUT2D eigenvalue weighted by Gasteiger charge is 2.39. The minimum atomic E-state index is -0.572. The molecular weight excluding hydrogens is 236 g/mol. The fraction of sp³-hybridized carbons (Fsp3) is 0.938. The van der Waals surface area contributed by atoms with Gasteiger partial charge in [0, 0.05) is 6.54 Å². The minimum absolute atomic E-state index is 0.0973. The van der Waals surface area contributed by atoms with E-state index in [0.29, 0.717) is 11.3 Å². The number of carbonyl (C=O) groups is 1. The number of rotatable bonds is 5. The zero-order chi connectivity index (χ0) is 13.9. The lowest BCUT2D eigenvalue weighted by molar-refractivity contribution is -0.126. The molecule has 0 aromatic rings. The third kappa shape index (κ3) is 3.50. The molecule has 0 radical (unpaired) electrons. The number of hydrogen-bond donors (Lipinski definition) is 2. The lowest BCUT2D eigenvalue weighted by Crippen LogP contribution is -2.53. The molecule has 0 spiro atoms. The summed E-state index contributed by atoms with van der Waals surface area (Å²) in [5, 5.41) is 3.19. The molecule has 2 aliphatic carbocycles. The fourth-order valence-electron chi connectivity index (χ4n) is 4.12. The molecule has 3 heteroatoms. The number of nitrogens with one attached hydrogen (secondary N) is 1. The molecule has 0 aromatic heterocycles. The average molecular weight is 266 g/mol. The maximum atomic E-state index is 12.3. The third-order valence-electron chi connectivity index (χ3n) is 5.08. The Morgan fingerprint density at radius 3 is 2.16 bits per heavy atom. The molecule has 0 aliphatic heterocycles. The van der Waals surface area contributed by atoms with E-state index in [9.17, 15) is 4.79 Å². The molecule has 3 nitrogen and oxygen atoms in total. The van der Waals surface area contributed by atoms with Crippen LogP contribution < -0.4 is 11.1 Å². The number of hydrogen-bond acceptors (Lipinski definition) is 2. The first kappa shape index (κ1) is 14.8. The van der Waals surface area contributed by atoms with E-state index in [1.807, 2.05) is 0 Å². The van der Waals surface area contributed by atoms with Gasteiger partial charge in [0.25, 0.3) is 0 Å². The van der Waals surface area contributed by atoms with Crippen molar-refractivity contribution in [2.24, 2.45) is 17.1 Å². The van der Waals surface area contributed by atoms with Crippen LogP contribution in [-0.2, 0) is 4.79 Å². The summed E-state index contributed by atoms with van der Waals surface area (Å²) in [5.41, 5.74) is 5.99. The van der Waals surface area contributed by atoms with Crippen molar-refractivity contribution in [3.8, 4) is 0 Å². The van der Waals surface area contributed by atoms with E-state index >= 15 is 0 Å². The van der Waals surface area contributed by atoms with E-state index in [0.717, 1.165) is 32.2 Å². The van der Waals surface area contributed by atoms with Gasteiger partial charge in [-0.05, 0) is 43.4 Å². The van der Waals surface area contributed by atoms with Crippen LogP contribution >= 0.6 is 0 Å². The van der Waals surface area contributed by atoms with Crippen molar-refractivity contribution in [1.29, 1.82) is 0 Å². The van der Waals surface area contributed by atoms with Crippen molar-refractivity contribution in [2.45, 2.75) is 77.2 Å². The van der Waals surface area contributed by atoms with E-state index in [2.05, 4.69) is 19.2 Å².